The Labute approximate surface area is 182 Å². The number of aliphatic hydroxyl groups excluding tert-OH is 1. The van der Waals surface area contributed by atoms with Gasteiger partial charge in [-0.25, -0.2) is 4.98 Å². The Bertz CT molecular complexity index is 1160. The zero-order chi connectivity index (χ0) is 21.2. The van der Waals surface area contributed by atoms with Crippen LogP contribution in [0, 0.1) is 0 Å². The van der Waals surface area contributed by atoms with Gasteiger partial charge in [-0.05, 0) is 37.8 Å². The van der Waals surface area contributed by atoms with Crippen LogP contribution in [-0.4, -0.2) is 47.1 Å². The van der Waals surface area contributed by atoms with E-state index in [-0.39, 0.29) is 18.1 Å². The molecule has 0 saturated heterocycles. The van der Waals surface area contributed by atoms with Crippen molar-refractivity contribution in [2.24, 2.45) is 0 Å². The van der Waals surface area contributed by atoms with Gasteiger partial charge in [-0.3, -0.25) is 19.6 Å². The van der Waals surface area contributed by atoms with Gasteiger partial charge in [-0.2, -0.15) is 10.2 Å². The van der Waals surface area contributed by atoms with E-state index in [1.54, 1.807) is 24.0 Å². The van der Waals surface area contributed by atoms with E-state index in [0.29, 0.717) is 22.8 Å². The van der Waals surface area contributed by atoms with Gasteiger partial charge in [0.05, 0.1) is 29.7 Å². The fourth-order valence-corrected chi connectivity index (χ4v) is 4.53. The van der Waals surface area contributed by atoms with Crippen molar-refractivity contribution in [3.63, 3.8) is 0 Å². The van der Waals surface area contributed by atoms with E-state index in [1.165, 1.54) is 11.3 Å². The van der Waals surface area contributed by atoms with Crippen LogP contribution in [0.2, 0.25) is 0 Å². The van der Waals surface area contributed by atoms with Gasteiger partial charge < -0.3 is 10.4 Å². The number of aromatic amines is 1. The number of carbonyl (C=O) groups excluding carboxylic acids is 1. The molecule has 4 aromatic rings. The van der Waals surface area contributed by atoms with Crippen molar-refractivity contribution < 1.29 is 9.90 Å². The van der Waals surface area contributed by atoms with Gasteiger partial charge in [-0.1, -0.05) is 6.07 Å². The van der Waals surface area contributed by atoms with Crippen LogP contribution in [0.25, 0.3) is 22.0 Å². The minimum atomic E-state index is -0.304. The van der Waals surface area contributed by atoms with Crippen molar-refractivity contribution in [2.45, 2.75) is 37.8 Å². The van der Waals surface area contributed by atoms with Gasteiger partial charge in [0, 0.05) is 29.5 Å². The topological polar surface area (TPSA) is 122 Å². The summed E-state index contributed by atoms with van der Waals surface area (Å²) in [5.74, 6) is -0.304. The Morgan fingerprint density at radius 3 is 2.87 bits per heavy atom. The summed E-state index contributed by atoms with van der Waals surface area (Å²) >= 11 is 1.39. The number of aromatic nitrogens is 6. The van der Waals surface area contributed by atoms with Crippen LogP contribution in [0.4, 0.5) is 5.69 Å². The second-order valence-electron chi connectivity index (χ2n) is 7.53. The molecular formula is C21H21N7O2S. The first-order chi connectivity index (χ1) is 15.2. The van der Waals surface area contributed by atoms with Crippen LogP contribution in [0.5, 0.6) is 0 Å². The van der Waals surface area contributed by atoms with Gasteiger partial charge in [0.15, 0.2) is 0 Å². The SMILES string of the molecule is O=C(Nc1cn(C2CCC(O)CC2)nc1-c1ccccn1)c1csc(-c2cn[nH]c2)n1. The van der Waals surface area contributed by atoms with Gasteiger partial charge >= 0.3 is 0 Å². The second-order valence-corrected chi connectivity index (χ2v) is 8.39. The lowest BCUT2D eigenvalue weighted by molar-refractivity contribution is 0.102. The molecule has 1 aliphatic carbocycles. The highest BCUT2D eigenvalue weighted by Gasteiger charge is 2.24. The smallest absolute Gasteiger partial charge is 0.275 e. The fourth-order valence-electron chi connectivity index (χ4n) is 3.75. The highest BCUT2D eigenvalue weighted by molar-refractivity contribution is 7.13. The maximum absolute atomic E-state index is 12.9. The number of hydrogen-bond acceptors (Lipinski definition) is 7. The number of aliphatic hydroxyl groups is 1. The average molecular weight is 436 g/mol. The van der Waals surface area contributed by atoms with Gasteiger partial charge in [-0.15, -0.1) is 11.3 Å². The number of nitrogens with one attached hydrogen (secondary N) is 2. The van der Waals surface area contributed by atoms with Crippen LogP contribution in [0.15, 0.2) is 48.4 Å². The molecule has 0 unspecified atom stereocenters. The minimum absolute atomic E-state index is 0.184. The molecule has 9 nitrogen and oxygen atoms in total. The van der Waals surface area contributed by atoms with E-state index >= 15 is 0 Å². The Balaban J connectivity index is 1.42. The summed E-state index contributed by atoms with van der Waals surface area (Å²) in [6, 6.07) is 5.78. The first-order valence-electron chi connectivity index (χ1n) is 10.1. The predicted octanol–water partition coefficient (Wildman–Crippen LogP) is 3.52. The molecule has 1 amide bonds. The lowest BCUT2D eigenvalue weighted by Crippen LogP contribution is -2.21. The molecule has 5 rings (SSSR count). The summed E-state index contributed by atoms with van der Waals surface area (Å²) in [5.41, 5.74) is 3.06. The number of thiazole rings is 1. The maximum Gasteiger partial charge on any atom is 0.275 e. The Hall–Kier alpha value is -3.37. The Morgan fingerprint density at radius 1 is 1.26 bits per heavy atom. The molecule has 10 heteroatoms. The van der Waals surface area contributed by atoms with Crippen LogP contribution < -0.4 is 5.32 Å². The summed E-state index contributed by atoms with van der Waals surface area (Å²) in [6.07, 6.45) is 9.92. The third-order valence-corrected chi connectivity index (χ3v) is 6.30. The molecule has 1 saturated carbocycles. The van der Waals surface area contributed by atoms with Crippen LogP contribution in [0.3, 0.4) is 0 Å². The van der Waals surface area contributed by atoms with Crippen LogP contribution in [-0.2, 0) is 0 Å². The number of carbonyl (C=O) groups is 1. The third kappa shape index (κ3) is 4.12. The maximum atomic E-state index is 12.9. The van der Waals surface area contributed by atoms with Crippen molar-refractivity contribution >= 4 is 22.9 Å². The molecule has 4 aromatic heterocycles. The molecule has 3 N–H and O–H groups in total. The molecular weight excluding hydrogens is 414 g/mol. The lowest BCUT2D eigenvalue weighted by Gasteiger charge is -2.25. The monoisotopic (exact) mass is 435 g/mol. The molecule has 0 radical (unpaired) electrons. The van der Waals surface area contributed by atoms with Crippen molar-refractivity contribution in [2.75, 3.05) is 5.32 Å². The minimum Gasteiger partial charge on any atom is -0.393 e. The molecule has 0 atom stereocenters. The number of nitrogens with zero attached hydrogens (tertiary/aromatic N) is 5. The Kier molecular flexibility index (Phi) is 5.31. The van der Waals surface area contributed by atoms with Crippen molar-refractivity contribution in [3.8, 4) is 22.0 Å². The summed E-state index contributed by atoms with van der Waals surface area (Å²) in [5, 5.41) is 26.7. The molecule has 4 heterocycles. The molecule has 0 spiro atoms. The molecule has 0 aromatic carbocycles. The molecule has 0 bridgehead atoms. The zero-order valence-electron chi connectivity index (χ0n) is 16.6. The van der Waals surface area contributed by atoms with E-state index in [1.807, 2.05) is 29.1 Å². The highest BCUT2D eigenvalue weighted by atomic mass is 32.1. The predicted molar refractivity (Wildman–Crippen MR) is 117 cm³/mol. The van der Waals surface area contributed by atoms with E-state index in [4.69, 9.17) is 5.10 Å². The molecule has 158 valence electrons. The molecule has 0 aliphatic heterocycles. The standard InChI is InChI=1S/C21H21N7O2S/c29-15-6-4-14(5-7-15)28-11-17(19(27-28)16-3-1-2-8-22-16)25-20(30)18-12-31-21(26-18)13-9-23-24-10-13/h1-3,8-12,14-15,29H,4-7H2,(H,23,24)(H,25,30). The normalized spacial score (nSPS) is 18.7. The van der Waals surface area contributed by atoms with Crippen molar-refractivity contribution in [3.05, 3.63) is 54.1 Å². The fraction of sp³-hybridized carbons (Fsp3) is 0.286. The van der Waals surface area contributed by atoms with E-state index < -0.39 is 0 Å². The summed E-state index contributed by atoms with van der Waals surface area (Å²) in [7, 11) is 0. The molecule has 1 fully saturated rings. The highest BCUT2D eigenvalue weighted by Crippen LogP contribution is 2.33. The number of rotatable bonds is 5. The van der Waals surface area contributed by atoms with Gasteiger partial charge in [0.2, 0.25) is 0 Å². The summed E-state index contributed by atoms with van der Waals surface area (Å²) in [4.78, 5) is 21.8. The summed E-state index contributed by atoms with van der Waals surface area (Å²) < 4.78 is 1.89. The van der Waals surface area contributed by atoms with Crippen LogP contribution in [0.1, 0.15) is 42.2 Å². The van der Waals surface area contributed by atoms with E-state index in [2.05, 4.69) is 25.5 Å². The first kappa shape index (κ1) is 19.6. The molecule has 1 aliphatic rings. The van der Waals surface area contributed by atoms with Gasteiger partial charge in [0.25, 0.3) is 5.91 Å². The van der Waals surface area contributed by atoms with Gasteiger partial charge in [0.1, 0.15) is 16.4 Å². The largest absolute Gasteiger partial charge is 0.393 e. The third-order valence-electron chi connectivity index (χ3n) is 5.41. The zero-order valence-corrected chi connectivity index (χ0v) is 17.4. The number of pyridine rings is 1. The van der Waals surface area contributed by atoms with Crippen molar-refractivity contribution in [1.29, 1.82) is 0 Å². The number of H-pyrrole nitrogens is 1. The van der Waals surface area contributed by atoms with Crippen molar-refractivity contribution in [1.82, 2.24) is 29.9 Å². The van der Waals surface area contributed by atoms with Crippen LogP contribution >= 0.6 is 11.3 Å². The Morgan fingerprint density at radius 2 is 2.13 bits per heavy atom. The summed E-state index contributed by atoms with van der Waals surface area (Å²) in [6.45, 7) is 0. The average Bonchev–Trinajstić information content (AvgIpc) is 3.55. The number of amides is 1. The lowest BCUT2D eigenvalue weighted by atomic mass is 9.93. The van der Waals surface area contributed by atoms with E-state index in [0.717, 1.165) is 36.3 Å². The molecule has 31 heavy (non-hydrogen) atoms. The number of hydrogen-bond donors (Lipinski definition) is 3. The quantitative estimate of drug-likeness (QED) is 0.441. The number of anilines is 1. The second kappa shape index (κ2) is 8.40. The van der Waals surface area contributed by atoms with E-state index in [9.17, 15) is 9.90 Å². The first-order valence-corrected chi connectivity index (χ1v) is 11.0.